The average Bonchev–Trinajstić information content (AvgIpc) is 2.90. The highest BCUT2D eigenvalue weighted by molar-refractivity contribution is 7.16. The van der Waals surface area contributed by atoms with E-state index in [1.54, 1.807) is 11.3 Å². The van der Waals surface area contributed by atoms with Crippen LogP contribution in [0.4, 0.5) is 11.4 Å². The first-order valence-electron chi connectivity index (χ1n) is 7.11. The van der Waals surface area contributed by atoms with Crippen molar-refractivity contribution in [2.75, 3.05) is 17.6 Å². The Kier molecular flexibility index (Phi) is 5.02. The summed E-state index contributed by atoms with van der Waals surface area (Å²) in [6, 6.07) is 4.17. The second-order valence-electron chi connectivity index (χ2n) is 5.02. The SMILES string of the molecule is CCCCC(CC)CNc1ccc2scnc2c1N. The Hall–Kier alpha value is -1.29. The second-order valence-corrected chi connectivity index (χ2v) is 5.91. The molecular weight excluding hydrogens is 254 g/mol. The Labute approximate surface area is 119 Å². The minimum Gasteiger partial charge on any atom is -0.395 e. The minimum absolute atomic E-state index is 0.727. The van der Waals surface area contributed by atoms with Gasteiger partial charge in [0.1, 0.15) is 5.52 Å². The van der Waals surface area contributed by atoms with Gasteiger partial charge in [0.25, 0.3) is 0 Å². The molecule has 19 heavy (non-hydrogen) atoms. The van der Waals surface area contributed by atoms with Crippen LogP contribution >= 0.6 is 11.3 Å². The highest BCUT2D eigenvalue weighted by Crippen LogP contribution is 2.30. The van der Waals surface area contributed by atoms with Crippen LogP contribution in [0.3, 0.4) is 0 Å². The van der Waals surface area contributed by atoms with Crippen LogP contribution in [-0.4, -0.2) is 11.5 Å². The minimum atomic E-state index is 0.727. The number of benzene rings is 1. The summed E-state index contributed by atoms with van der Waals surface area (Å²) in [6.45, 7) is 5.50. The van der Waals surface area contributed by atoms with Gasteiger partial charge in [-0.2, -0.15) is 0 Å². The fourth-order valence-electron chi connectivity index (χ4n) is 2.30. The van der Waals surface area contributed by atoms with Gasteiger partial charge in [-0.25, -0.2) is 4.98 Å². The predicted octanol–water partition coefficient (Wildman–Crippen LogP) is 4.51. The lowest BCUT2D eigenvalue weighted by Crippen LogP contribution is -2.14. The molecule has 0 saturated heterocycles. The lowest BCUT2D eigenvalue weighted by molar-refractivity contribution is 0.473. The smallest absolute Gasteiger partial charge is 0.106 e. The van der Waals surface area contributed by atoms with Crippen LogP contribution in [-0.2, 0) is 0 Å². The molecule has 0 bridgehead atoms. The van der Waals surface area contributed by atoms with E-state index in [2.05, 4.69) is 36.3 Å². The third kappa shape index (κ3) is 3.38. The Balaban J connectivity index is 2.02. The molecule has 3 N–H and O–H groups in total. The average molecular weight is 277 g/mol. The maximum absolute atomic E-state index is 6.17. The molecule has 0 aliphatic carbocycles. The van der Waals surface area contributed by atoms with Crippen LogP contribution in [0.25, 0.3) is 10.2 Å². The zero-order chi connectivity index (χ0) is 13.7. The summed E-state index contributed by atoms with van der Waals surface area (Å²) in [7, 11) is 0. The van der Waals surface area contributed by atoms with Gasteiger partial charge in [0.05, 0.1) is 21.6 Å². The molecule has 1 aromatic carbocycles. The number of rotatable bonds is 7. The van der Waals surface area contributed by atoms with Crippen LogP contribution < -0.4 is 11.1 Å². The van der Waals surface area contributed by atoms with Crippen molar-refractivity contribution >= 4 is 32.9 Å². The molecule has 104 valence electrons. The normalized spacial score (nSPS) is 12.7. The van der Waals surface area contributed by atoms with Gasteiger partial charge in [-0.3, -0.25) is 0 Å². The van der Waals surface area contributed by atoms with E-state index in [0.717, 1.165) is 34.1 Å². The number of hydrogen-bond acceptors (Lipinski definition) is 4. The lowest BCUT2D eigenvalue weighted by atomic mass is 9.99. The first-order chi connectivity index (χ1) is 9.26. The largest absolute Gasteiger partial charge is 0.395 e. The summed E-state index contributed by atoms with van der Waals surface area (Å²) in [6.07, 6.45) is 5.08. The van der Waals surface area contributed by atoms with Crippen LogP contribution in [0.5, 0.6) is 0 Å². The molecule has 2 rings (SSSR count). The highest BCUT2D eigenvalue weighted by Gasteiger charge is 2.09. The summed E-state index contributed by atoms with van der Waals surface area (Å²) < 4.78 is 1.15. The first-order valence-corrected chi connectivity index (χ1v) is 7.99. The fourth-order valence-corrected chi connectivity index (χ4v) is 3.00. The van der Waals surface area contributed by atoms with Gasteiger partial charge in [0.15, 0.2) is 0 Å². The summed E-state index contributed by atoms with van der Waals surface area (Å²) in [5, 5.41) is 3.49. The molecule has 0 radical (unpaired) electrons. The molecule has 0 spiro atoms. The third-order valence-corrected chi connectivity index (χ3v) is 4.46. The molecule has 3 nitrogen and oxygen atoms in total. The van der Waals surface area contributed by atoms with E-state index in [1.807, 2.05) is 5.51 Å². The van der Waals surface area contributed by atoms with E-state index in [1.165, 1.54) is 25.7 Å². The molecule has 1 aromatic heterocycles. The van der Waals surface area contributed by atoms with Gasteiger partial charge < -0.3 is 11.1 Å². The molecular formula is C15H23N3S. The van der Waals surface area contributed by atoms with Crippen LogP contribution in [0.2, 0.25) is 0 Å². The predicted molar refractivity (Wildman–Crippen MR) is 85.8 cm³/mol. The van der Waals surface area contributed by atoms with E-state index < -0.39 is 0 Å². The number of hydrogen-bond donors (Lipinski definition) is 2. The van der Waals surface area contributed by atoms with Gasteiger partial charge >= 0.3 is 0 Å². The Morgan fingerprint density at radius 3 is 2.95 bits per heavy atom. The first kappa shape index (κ1) is 14.1. The maximum atomic E-state index is 6.17. The Morgan fingerprint density at radius 2 is 2.21 bits per heavy atom. The van der Waals surface area contributed by atoms with Gasteiger partial charge in [0.2, 0.25) is 0 Å². The van der Waals surface area contributed by atoms with Crippen molar-refractivity contribution in [3.63, 3.8) is 0 Å². The van der Waals surface area contributed by atoms with Crippen molar-refractivity contribution in [3.8, 4) is 0 Å². The molecule has 1 unspecified atom stereocenters. The van der Waals surface area contributed by atoms with Crippen LogP contribution in [0.1, 0.15) is 39.5 Å². The molecule has 1 heterocycles. The number of anilines is 2. The van der Waals surface area contributed by atoms with Crippen LogP contribution in [0, 0.1) is 5.92 Å². The number of nitrogen functional groups attached to an aromatic ring is 1. The monoisotopic (exact) mass is 277 g/mol. The molecule has 4 heteroatoms. The van der Waals surface area contributed by atoms with Gasteiger partial charge in [-0.1, -0.05) is 33.1 Å². The van der Waals surface area contributed by atoms with Crippen molar-refractivity contribution in [1.82, 2.24) is 4.98 Å². The number of nitrogens with two attached hydrogens (primary N) is 1. The van der Waals surface area contributed by atoms with Crippen molar-refractivity contribution in [3.05, 3.63) is 17.6 Å². The lowest BCUT2D eigenvalue weighted by Gasteiger charge is -2.17. The van der Waals surface area contributed by atoms with Crippen molar-refractivity contribution in [2.45, 2.75) is 39.5 Å². The number of fused-ring (bicyclic) bond motifs is 1. The highest BCUT2D eigenvalue weighted by atomic mass is 32.1. The molecule has 0 aliphatic heterocycles. The van der Waals surface area contributed by atoms with E-state index in [4.69, 9.17) is 5.73 Å². The number of aromatic nitrogens is 1. The van der Waals surface area contributed by atoms with Crippen molar-refractivity contribution in [1.29, 1.82) is 0 Å². The maximum Gasteiger partial charge on any atom is 0.106 e. The number of thiazole rings is 1. The number of nitrogens with zero attached hydrogens (tertiary/aromatic N) is 1. The third-order valence-electron chi connectivity index (χ3n) is 3.67. The Morgan fingerprint density at radius 1 is 1.37 bits per heavy atom. The molecule has 0 fully saturated rings. The standard InChI is InChI=1S/C15H23N3S/c1-3-5-6-11(4-2)9-17-12-7-8-13-15(14(12)16)18-10-19-13/h7-8,10-11,17H,3-6,9,16H2,1-2H3. The topological polar surface area (TPSA) is 50.9 Å². The summed E-state index contributed by atoms with van der Waals surface area (Å²) in [4.78, 5) is 4.33. The van der Waals surface area contributed by atoms with Crippen molar-refractivity contribution in [2.24, 2.45) is 5.92 Å². The van der Waals surface area contributed by atoms with Gasteiger partial charge in [-0.15, -0.1) is 11.3 Å². The molecule has 0 amide bonds. The molecule has 2 aromatic rings. The number of unbranched alkanes of at least 4 members (excludes halogenated alkanes) is 1. The fraction of sp³-hybridized carbons (Fsp3) is 0.533. The number of nitrogens with one attached hydrogen (secondary N) is 1. The zero-order valence-corrected chi connectivity index (χ0v) is 12.6. The van der Waals surface area contributed by atoms with E-state index in [-0.39, 0.29) is 0 Å². The second kappa shape index (κ2) is 6.75. The van der Waals surface area contributed by atoms with E-state index in [9.17, 15) is 0 Å². The van der Waals surface area contributed by atoms with Gasteiger partial charge in [0, 0.05) is 6.54 Å². The molecule has 0 aliphatic rings. The van der Waals surface area contributed by atoms with E-state index >= 15 is 0 Å². The molecule has 0 saturated carbocycles. The quantitative estimate of drug-likeness (QED) is 0.732. The zero-order valence-electron chi connectivity index (χ0n) is 11.8. The van der Waals surface area contributed by atoms with Crippen molar-refractivity contribution < 1.29 is 0 Å². The van der Waals surface area contributed by atoms with Crippen LogP contribution in [0.15, 0.2) is 17.6 Å². The summed E-state index contributed by atoms with van der Waals surface area (Å²) in [5.41, 5.74) is 10.8. The van der Waals surface area contributed by atoms with Gasteiger partial charge in [-0.05, 0) is 24.5 Å². The summed E-state index contributed by atoms with van der Waals surface area (Å²) in [5.74, 6) is 0.727. The van der Waals surface area contributed by atoms with E-state index in [0.29, 0.717) is 0 Å². The summed E-state index contributed by atoms with van der Waals surface area (Å²) >= 11 is 1.63. The Bertz CT molecular complexity index is 521. The molecule has 1 atom stereocenters.